The Balaban J connectivity index is 1.40. The first kappa shape index (κ1) is 23.7. The summed E-state index contributed by atoms with van der Waals surface area (Å²) < 4.78 is 4.54. The van der Waals surface area contributed by atoms with E-state index in [2.05, 4.69) is 94.1 Å². The van der Waals surface area contributed by atoms with Crippen molar-refractivity contribution in [3.05, 3.63) is 151 Å². The number of aromatic nitrogens is 2. The van der Waals surface area contributed by atoms with Crippen molar-refractivity contribution in [2.45, 2.75) is 0 Å². The number of hydrogen-bond acceptors (Lipinski definition) is 2. The van der Waals surface area contributed by atoms with E-state index in [4.69, 9.17) is 0 Å². The first-order chi connectivity index (χ1) is 21.2. The molecular weight excluding hydrogens is 530 g/mol. The molecule has 5 nitrogen and oxygen atoms in total. The van der Waals surface area contributed by atoms with Crippen LogP contribution in [-0.2, 0) is 0 Å². The number of imide groups is 1. The monoisotopic (exact) mass is 553 g/mol. The van der Waals surface area contributed by atoms with Gasteiger partial charge < -0.3 is 9.13 Å². The number of carbonyl (C=O) groups excluding carboxylic acids is 2. The first-order valence-electron chi connectivity index (χ1n) is 14.3. The molecule has 0 N–H and O–H groups in total. The molecule has 0 fully saturated rings. The smallest absolute Gasteiger partial charge is 0.266 e. The Morgan fingerprint density at radius 2 is 0.744 bits per heavy atom. The van der Waals surface area contributed by atoms with Crippen LogP contribution in [0.2, 0.25) is 0 Å². The van der Waals surface area contributed by atoms with Crippen molar-refractivity contribution in [1.29, 1.82) is 0 Å². The van der Waals surface area contributed by atoms with E-state index in [1.165, 1.54) is 4.90 Å². The van der Waals surface area contributed by atoms with E-state index >= 15 is 0 Å². The van der Waals surface area contributed by atoms with E-state index in [0.717, 1.165) is 55.0 Å². The van der Waals surface area contributed by atoms with E-state index in [-0.39, 0.29) is 11.8 Å². The maximum absolute atomic E-state index is 13.6. The summed E-state index contributed by atoms with van der Waals surface area (Å²) in [5.41, 5.74) is 7.47. The van der Waals surface area contributed by atoms with Crippen molar-refractivity contribution in [1.82, 2.24) is 9.13 Å². The highest BCUT2D eigenvalue weighted by molar-refractivity contribution is 6.34. The highest BCUT2D eigenvalue weighted by Gasteiger charge is 2.37. The van der Waals surface area contributed by atoms with Crippen LogP contribution >= 0.6 is 0 Å². The Bertz CT molecular complexity index is 2320. The summed E-state index contributed by atoms with van der Waals surface area (Å²) in [5.74, 6) is -0.614. The van der Waals surface area contributed by atoms with Crippen molar-refractivity contribution in [3.63, 3.8) is 0 Å². The van der Waals surface area contributed by atoms with Crippen molar-refractivity contribution >= 4 is 61.1 Å². The van der Waals surface area contributed by atoms with Gasteiger partial charge >= 0.3 is 0 Å². The van der Waals surface area contributed by atoms with Crippen molar-refractivity contribution in [2.75, 3.05) is 4.90 Å². The number of benzene rings is 6. The minimum atomic E-state index is -0.307. The highest BCUT2D eigenvalue weighted by Crippen LogP contribution is 2.40. The summed E-state index contributed by atoms with van der Waals surface area (Å²) in [6, 6.07) is 46.5. The second kappa shape index (κ2) is 8.78. The number of fused-ring (bicyclic) bond motifs is 7. The fraction of sp³-hybridized carbons (Fsp3) is 0. The average Bonchev–Trinajstić information content (AvgIpc) is 3.66. The predicted molar refractivity (Wildman–Crippen MR) is 173 cm³/mol. The Morgan fingerprint density at radius 3 is 1.19 bits per heavy atom. The van der Waals surface area contributed by atoms with Crippen LogP contribution in [0.4, 0.5) is 5.69 Å². The summed E-state index contributed by atoms with van der Waals surface area (Å²) in [6.07, 6.45) is 0. The zero-order chi connectivity index (χ0) is 28.7. The van der Waals surface area contributed by atoms with Crippen LogP contribution in [0, 0.1) is 0 Å². The summed E-state index contributed by atoms with van der Waals surface area (Å²) in [7, 11) is 0. The van der Waals surface area contributed by atoms with E-state index in [1.54, 1.807) is 24.3 Å². The first-order valence-corrected chi connectivity index (χ1v) is 14.3. The molecule has 6 aromatic carbocycles. The fourth-order valence-electron chi connectivity index (χ4n) is 6.81. The summed E-state index contributed by atoms with van der Waals surface area (Å²) in [4.78, 5) is 28.5. The molecule has 9 rings (SSSR count). The topological polar surface area (TPSA) is 47.2 Å². The molecule has 3 heterocycles. The van der Waals surface area contributed by atoms with Crippen LogP contribution in [-0.4, -0.2) is 20.9 Å². The summed E-state index contributed by atoms with van der Waals surface area (Å²) in [5, 5.41) is 4.60. The molecule has 1 aliphatic heterocycles. The van der Waals surface area contributed by atoms with Crippen molar-refractivity contribution in [3.8, 4) is 11.4 Å². The molecule has 0 radical (unpaired) electrons. The number of carbonyl (C=O) groups is 2. The molecule has 0 aliphatic carbocycles. The summed E-state index contributed by atoms with van der Waals surface area (Å²) >= 11 is 0. The number of para-hydroxylation sites is 4. The van der Waals surface area contributed by atoms with Gasteiger partial charge in [0.2, 0.25) is 0 Å². The molecule has 0 saturated carbocycles. The molecule has 5 heteroatoms. The largest absolute Gasteiger partial charge is 0.307 e. The van der Waals surface area contributed by atoms with Gasteiger partial charge in [-0.25, -0.2) is 4.90 Å². The number of hydrogen-bond donors (Lipinski definition) is 0. The zero-order valence-corrected chi connectivity index (χ0v) is 22.9. The lowest BCUT2D eigenvalue weighted by molar-refractivity contribution is 0.0926. The van der Waals surface area contributed by atoms with Gasteiger partial charge in [0.05, 0.1) is 50.3 Å². The van der Waals surface area contributed by atoms with E-state index in [0.29, 0.717) is 16.8 Å². The number of rotatable bonds is 3. The molecule has 0 atom stereocenters. The molecule has 0 spiro atoms. The third-order valence-electron chi connectivity index (χ3n) is 8.65. The third-order valence-corrected chi connectivity index (χ3v) is 8.65. The zero-order valence-electron chi connectivity index (χ0n) is 22.9. The Kier molecular flexibility index (Phi) is 4.85. The molecular formula is C38H23N3O2. The maximum Gasteiger partial charge on any atom is 0.266 e. The van der Waals surface area contributed by atoms with Gasteiger partial charge in [-0.1, -0.05) is 84.9 Å². The van der Waals surface area contributed by atoms with Gasteiger partial charge in [-0.05, 0) is 54.6 Å². The Labute approximate surface area is 246 Å². The SMILES string of the molecule is O=C1c2ccccc2C(=O)N1c1ccc(-n2c3ccccc3c3ccccc32)c(-n2c3ccccc3c3ccccc32)c1. The Hall–Kier alpha value is -5.94. The second-order valence-electron chi connectivity index (χ2n) is 10.9. The number of nitrogens with zero attached hydrogens (tertiary/aromatic N) is 3. The van der Waals surface area contributed by atoms with Gasteiger partial charge in [0.25, 0.3) is 11.8 Å². The van der Waals surface area contributed by atoms with Crippen LogP contribution in [0.3, 0.4) is 0 Å². The van der Waals surface area contributed by atoms with Gasteiger partial charge in [-0.15, -0.1) is 0 Å². The van der Waals surface area contributed by atoms with Crippen LogP contribution in [0.5, 0.6) is 0 Å². The lowest BCUT2D eigenvalue weighted by atomic mass is 10.1. The van der Waals surface area contributed by atoms with Gasteiger partial charge in [-0.2, -0.15) is 0 Å². The molecule has 0 unspecified atom stereocenters. The van der Waals surface area contributed by atoms with E-state index in [1.807, 2.05) is 30.3 Å². The predicted octanol–water partition coefficient (Wildman–Crippen LogP) is 8.68. The van der Waals surface area contributed by atoms with Gasteiger partial charge in [0.15, 0.2) is 0 Å². The van der Waals surface area contributed by atoms with Crippen molar-refractivity contribution in [2.24, 2.45) is 0 Å². The molecule has 2 amide bonds. The standard InChI is InChI=1S/C38H23N3O2/c42-37-29-15-1-2-16-30(29)38(43)39(37)24-21-22-35(40-31-17-7-3-11-25(31)26-12-4-8-18-32(26)40)36(23-24)41-33-19-9-5-13-27(33)28-14-6-10-20-34(28)41/h1-23H. The van der Waals surface area contributed by atoms with Gasteiger partial charge in [-0.3, -0.25) is 9.59 Å². The average molecular weight is 554 g/mol. The molecule has 202 valence electrons. The number of amides is 2. The lowest BCUT2D eigenvalue weighted by Gasteiger charge is -2.21. The van der Waals surface area contributed by atoms with Crippen LogP contribution in [0.15, 0.2) is 140 Å². The van der Waals surface area contributed by atoms with Gasteiger partial charge in [0.1, 0.15) is 0 Å². The van der Waals surface area contributed by atoms with Crippen molar-refractivity contribution < 1.29 is 9.59 Å². The molecule has 1 aliphatic rings. The number of anilines is 1. The summed E-state index contributed by atoms with van der Waals surface area (Å²) in [6.45, 7) is 0. The molecule has 8 aromatic rings. The molecule has 0 saturated heterocycles. The second-order valence-corrected chi connectivity index (χ2v) is 10.9. The lowest BCUT2D eigenvalue weighted by Crippen LogP contribution is -2.29. The van der Waals surface area contributed by atoms with Crippen LogP contribution in [0.1, 0.15) is 20.7 Å². The Morgan fingerprint density at radius 1 is 0.372 bits per heavy atom. The minimum absolute atomic E-state index is 0.307. The van der Waals surface area contributed by atoms with E-state index in [9.17, 15) is 9.59 Å². The molecule has 0 bridgehead atoms. The third kappa shape index (κ3) is 3.22. The van der Waals surface area contributed by atoms with Crippen LogP contribution < -0.4 is 4.90 Å². The van der Waals surface area contributed by atoms with E-state index < -0.39 is 0 Å². The minimum Gasteiger partial charge on any atom is -0.307 e. The maximum atomic E-state index is 13.6. The van der Waals surface area contributed by atoms with Crippen LogP contribution in [0.25, 0.3) is 55.0 Å². The highest BCUT2D eigenvalue weighted by atomic mass is 16.2. The van der Waals surface area contributed by atoms with Gasteiger partial charge in [0, 0.05) is 21.5 Å². The molecule has 43 heavy (non-hydrogen) atoms. The molecule has 2 aromatic heterocycles. The fourth-order valence-corrected chi connectivity index (χ4v) is 6.81. The normalized spacial score (nSPS) is 13.2. The quantitative estimate of drug-likeness (QED) is 0.206.